The highest BCUT2D eigenvalue weighted by molar-refractivity contribution is 5.34. The molecule has 0 spiro atoms. The lowest BCUT2D eigenvalue weighted by molar-refractivity contribution is 0.436. The second-order valence-electron chi connectivity index (χ2n) is 4.52. The molecule has 1 aromatic carbocycles. The first-order chi connectivity index (χ1) is 7.56. The van der Waals surface area contributed by atoms with Crippen molar-refractivity contribution in [2.24, 2.45) is 16.1 Å². The van der Waals surface area contributed by atoms with Crippen molar-refractivity contribution in [3.63, 3.8) is 0 Å². The SMILES string of the molecule is CC(C)CC(C)(C#N)N=Nc1ccccc1. The van der Waals surface area contributed by atoms with Crippen LogP contribution in [0.1, 0.15) is 27.2 Å². The molecule has 0 N–H and O–H groups in total. The molecule has 0 saturated heterocycles. The molecule has 3 heteroatoms. The van der Waals surface area contributed by atoms with Gasteiger partial charge in [-0.3, -0.25) is 0 Å². The van der Waals surface area contributed by atoms with Crippen LogP contribution in [0.2, 0.25) is 0 Å². The number of azo groups is 1. The number of nitriles is 1. The molecule has 0 amide bonds. The van der Waals surface area contributed by atoms with Crippen LogP contribution in [-0.2, 0) is 0 Å². The Morgan fingerprint density at radius 1 is 1.31 bits per heavy atom. The Balaban J connectivity index is 2.78. The van der Waals surface area contributed by atoms with Gasteiger partial charge in [-0.25, -0.2) is 0 Å². The van der Waals surface area contributed by atoms with Crippen LogP contribution >= 0.6 is 0 Å². The average Bonchev–Trinajstić information content (AvgIpc) is 2.27. The first kappa shape index (κ1) is 12.4. The van der Waals surface area contributed by atoms with Gasteiger partial charge in [-0.1, -0.05) is 32.0 Å². The van der Waals surface area contributed by atoms with Gasteiger partial charge in [0.2, 0.25) is 0 Å². The summed E-state index contributed by atoms with van der Waals surface area (Å²) in [5, 5.41) is 17.4. The van der Waals surface area contributed by atoms with Gasteiger partial charge in [-0.2, -0.15) is 15.5 Å². The summed E-state index contributed by atoms with van der Waals surface area (Å²) in [5.74, 6) is 0.430. The molecule has 0 aliphatic heterocycles. The molecule has 0 aromatic heterocycles. The molecule has 0 fully saturated rings. The minimum absolute atomic E-state index is 0.430. The van der Waals surface area contributed by atoms with Crippen LogP contribution in [0, 0.1) is 17.2 Å². The van der Waals surface area contributed by atoms with Crippen LogP contribution in [0.4, 0.5) is 5.69 Å². The molecular formula is C13H17N3. The summed E-state index contributed by atoms with van der Waals surface area (Å²) >= 11 is 0. The summed E-state index contributed by atoms with van der Waals surface area (Å²) in [5.41, 5.74) is 0.0667. The Hall–Kier alpha value is -1.69. The van der Waals surface area contributed by atoms with Gasteiger partial charge in [0, 0.05) is 0 Å². The largest absolute Gasteiger partial charge is 0.196 e. The van der Waals surface area contributed by atoms with Gasteiger partial charge < -0.3 is 0 Å². The lowest BCUT2D eigenvalue weighted by Gasteiger charge is -2.16. The third-order valence-corrected chi connectivity index (χ3v) is 2.19. The van der Waals surface area contributed by atoms with E-state index in [0.717, 1.165) is 12.1 Å². The molecule has 1 unspecified atom stereocenters. The molecule has 3 nitrogen and oxygen atoms in total. The fraction of sp³-hybridized carbons (Fsp3) is 0.462. The number of rotatable bonds is 4. The van der Waals surface area contributed by atoms with Crippen molar-refractivity contribution in [2.75, 3.05) is 0 Å². The van der Waals surface area contributed by atoms with Crippen molar-refractivity contribution in [1.29, 1.82) is 5.26 Å². The average molecular weight is 215 g/mol. The Labute approximate surface area is 96.8 Å². The van der Waals surface area contributed by atoms with E-state index >= 15 is 0 Å². The standard InChI is InChI=1S/C13H17N3/c1-11(2)9-13(3,10-14)16-15-12-7-5-4-6-8-12/h4-8,11H,9H2,1-3H3. The first-order valence-corrected chi connectivity index (χ1v) is 5.45. The van der Waals surface area contributed by atoms with Crippen molar-refractivity contribution in [3.05, 3.63) is 30.3 Å². The maximum atomic E-state index is 9.11. The smallest absolute Gasteiger partial charge is 0.165 e. The normalized spacial score (nSPS) is 14.9. The summed E-state index contributed by atoms with van der Waals surface area (Å²) in [6.07, 6.45) is 0.722. The van der Waals surface area contributed by atoms with E-state index in [4.69, 9.17) is 5.26 Å². The van der Waals surface area contributed by atoms with Crippen LogP contribution in [0.15, 0.2) is 40.6 Å². The molecule has 0 bridgehead atoms. The van der Waals surface area contributed by atoms with Crippen molar-refractivity contribution in [2.45, 2.75) is 32.7 Å². The lowest BCUT2D eigenvalue weighted by atomic mass is 9.93. The van der Waals surface area contributed by atoms with Gasteiger partial charge in [0.25, 0.3) is 0 Å². The van der Waals surface area contributed by atoms with Crippen molar-refractivity contribution in [3.8, 4) is 6.07 Å². The molecule has 1 aromatic rings. The molecule has 0 aliphatic carbocycles. The third-order valence-electron chi connectivity index (χ3n) is 2.19. The van der Waals surface area contributed by atoms with Crippen molar-refractivity contribution < 1.29 is 0 Å². The van der Waals surface area contributed by atoms with Crippen LogP contribution in [0.3, 0.4) is 0 Å². The van der Waals surface area contributed by atoms with Crippen LogP contribution in [0.25, 0.3) is 0 Å². The highest BCUT2D eigenvalue weighted by Crippen LogP contribution is 2.22. The highest BCUT2D eigenvalue weighted by atomic mass is 15.1. The van der Waals surface area contributed by atoms with Crippen LogP contribution < -0.4 is 0 Å². The van der Waals surface area contributed by atoms with E-state index in [9.17, 15) is 0 Å². The van der Waals surface area contributed by atoms with Gasteiger partial charge in [-0.05, 0) is 31.4 Å². The zero-order valence-electron chi connectivity index (χ0n) is 10.0. The molecule has 0 aliphatic rings. The molecule has 1 rings (SSSR count). The quantitative estimate of drug-likeness (QED) is 0.697. The number of nitrogens with zero attached hydrogens (tertiary/aromatic N) is 3. The third kappa shape index (κ3) is 3.82. The maximum absolute atomic E-state index is 9.11. The van der Waals surface area contributed by atoms with E-state index < -0.39 is 5.54 Å². The number of hydrogen-bond acceptors (Lipinski definition) is 3. The number of benzene rings is 1. The Kier molecular flexibility index (Phi) is 4.19. The van der Waals surface area contributed by atoms with Gasteiger partial charge in [0.1, 0.15) is 0 Å². The van der Waals surface area contributed by atoms with Crippen molar-refractivity contribution >= 4 is 5.69 Å². The number of hydrogen-bond donors (Lipinski definition) is 0. The summed E-state index contributed by atoms with van der Waals surface area (Å²) < 4.78 is 0. The zero-order valence-corrected chi connectivity index (χ0v) is 10.0. The fourth-order valence-corrected chi connectivity index (χ4v) is 1.57. The lowest BCUT2D eigenvalue weighted by Crippen LogP contribution is -2.21. The molecule has 0 heterocycles. The first-order valence-electron chi connectivity index (χ1n) is 5.45. The molecule has 0 saturated carbocycles. The zero-order chi connectivity index (χ0) is 12.0. The van der Waals surface area contributed by atoms with E-state index in [2.05, 4.69) is 30.1 Å². The summed E-state index contributed by atoms with van der Waals surface area (Å²) in [7, 11) is 0. The van der Waals surface area contributed by atoms with E-state index in [0.29, 0.717) is 5.92 Å². The van der Waals surface area contributed by atoms with Crippen molar-refractivity contribution in [1.82, 2.24) is 0 Å². The van der Waals surface area contributed by atoms with Crippen LogP contribution in [0.5, 0.6) is 0 Å². The fourth-order valence-electron chi connectivity index (χ4n) is 1.57. The second-order valence-corrected chi connectivity index (χ2v) is 4.52. The van der Waals surface area contributed by atoms with Gasteiger partial charge >= 0.3 is 0 Å². The Morgan fingerprint density at radius 3 is 2.44 bits per heavy atom. The topological polar surface area (TPSA) is 48.5 Å². The predicted octanol–water partition coefficient (Wildman–Crippen LogP) is 4.10. The monoisotopic (exact) mass is 215 g/mol. The summed E-state index contributed by atoms with van der Waals surface area (Å²) in [6.45, 7) is 5.97. The van der Waals surface area contributed by atoms with E-state index in [1.54, 1.807) is 0 Å². The molecule has 16 heavy (non-hydrogen) atoms. The Morgan fingerprint density at radius 2 is 1.94 bits per heavy atom. The Bertz CT molecular complexity index is 389. The summed E-state index contributed by atoms with van der Waals surface area (Å²) in [6, 6.07) is 11.7. The molecular weight excluding hydrogens is 198 g/mol. The highest BCUT2D eigenvalue weighted by Gasteiger charge is 2.24. The minimum Gasteiger partial charge on any atom is -0.196 e. The van der Waals surface area contributed by atoms with E-state index in [-0.39, 0.29) is 0 Å². The van der Waals surface area contributed by atoms with Crippen LogP contribution in [-0.4, -0.2) is 5.54 Å². The predicted molar refractivity (Wildman–Crippen MR) is 64.4 cm³/mol. The maximum Gasteiger partial charge on any atom is 0.165 e. The van der Waals surface area contributed by atoms with Gasteiger partial charge in [0.15, 0.2) is 5.54 Å². The van der Waals surface area contributed by atoms with E-state index in [1.165, 1.54) is 0 Å². The molecule has 1 atom stereocenters. The molecule has 84 valence electrons. The van der Waals surface area contributed by atoms with Gasteiger partial charge in [0.05, 0.1) is 11.8 Å². The molecule has 0 radical (unpaired) electrons. The summed E-state index contributed by atoms with van der Waals surface area (Å²) in [4.78, 5) is 0. The second kappa shape index (κ2) is 5.41. The van der Waals surface area contributed by atoms with E-state index in [1.807, 2.05) is 37.3 Å². The minimum atomic E-state index is -0.718. The van der Waals surface area contributed by atoms with Gasteiger partial charge in [-0.15, -0.1) is 0 Å².